The van der Waals surface area contributed by atoms with Gasteiger partial charge in [0.25, 0.3) is 0 Å². The highest BCUT2D eigenvalue weighted by Crippen LogP contribution is 2.43. The molecule has 3 amide bonds. The average molecular weight is 506 g/mol. The van der Waals surface area contributed by atoms with Gasteiger partial charge in [0.2, 0.25) is 11.8 Å². The fourth-order valence-corrected chi connectivity index (χ4v) is 5.04. The second-order valence-corrected chi connectivity index (χ2v) is 9.88. The molecule has 0 aliphatic carbocycles. The molecule has 0 unspecified atom stereocenters. The summed E-state index contributed by atoms with van der Waals surface area (Å²) < 4.78 is 5.38. The Hall–Kier alpha value is -3.61. The number of unbranched alkanes of at least 4 members (excludes halogenated alkanes) is 1. The van der Waals surface area contributed by atoms with E-state index in [-0.39, 0.29) is 35.9 Å². The first kappa shape index (κ1) is 28.0. The van der Waals surface area contributed by atoms with Crippen LogP contribution in [0.2, 0.25) is 0 Å². The number of carbonyl (C=O) groups excluding carboxylic acids is 3. The predicted octanol–water partition coefficient (Wildman–Crippen LogP) is 6.61. The number of hydrogen-bond acceptors (Lipinski definition) is 4. The Morgan fingerprint density at radius 3 is 2.38 bits per heavy atom. The van der Waals surface area contributed by atoms with Crippen molar-refractivity contribution < 1.29 is 19.1 Å². The maximum atomic E-state index is 12.7. The summed E-state index contributed by atoms with van der Waals surface area (Å²) >= 11 is 0. The molecular formula is C30H39N3O4. The molecule has 3 atom stereocenters. The Morgan fingerprint density at radius 2 is 1.78 bits per heavy atom. The normalized spacial score (nSPS) is 18.6. The van der Waals surface area contributed by atoms with Crippen molar-refractivity contribution in [1.82, 2.24) is 5.32 Å². The summed E-state index contributed by atoms with van der Waals surface area (Å²) in [5, 5.41) is 5.99. The average Bonchev–Trinajstić information content (AvgIpc) is 2.85. The minimum absolute atomic E-state index is 0.0185. The van der Waals surface area contributed by atoms with Crippen LogP contribution in [-0.2, 0) is 14.3 Å². The fraction of sp³-hybridized carbons (Fsp3) is 0.433. The highest BCUT2D eigenvalue weighted by Gasteiger charge is 2.40. The largest absolute Gasteiger partial charge is 0.447 e. The number of carbonyl (C=O) groups is 3. The van der Waals surface area contributed by atoms with E-state index in [2.05, 4.69) is 31.1 Å². The van der Waals surface area contributed by atoms with Crippen molar-refractivity contribution in [1.29, 1.82) is 0 Å². The van der Waals surface area contributed by atoms with Gasteiger partial charge < -0.3 is 20.3 Å². The molecule has 7 heteroatoms. The molecule has 0 aromatic heterocycles. The molecule has 0 radical (unpaired) electrons. The highest BCUT2D eigenvalue weighted by molar-refractivity contribution is 5.95. The zero-order valence-corrected chi connectivity index (χ0v) is 22.5. The number of amides is 3. The summed E-state index contributed by atoms with van der Waals surface area (Å²) in [6.07, 6.45) is 3.91. The Bertz CT molecular complexity index is 1130. The molecule has 0 saturated heterocycles. The van der Waals surface area contributed by atoms with E-state index in [1.165, 1.54) is 0 Å². The lowest BCUT2D eigenvalue weighted by molar-refractivity contribution is -0.117. The molecule has 3 rings (SSSR count). The smallest absolute Gasteiger partial charge is 0.407 e. The van der Waals surface area contributed by atoms with Gasteiger partial charge in [-0.25, -0.2) is 4.79 Å². The molecule has 2 aromatic carbocycles. The van der Waals surface area contributed by atoms with Crippen LogP contribution in [0.5, 0.6) is 0 Å². The van der Waals surface area contributed by atoms with E-state index in [9.17, 15) is 14.4 Å². The van der Waals surface area contributed by atoms with Gasteiger partial charge in [0.15, 0.2) is 0 Å². The number of rotatable bonds is 9. The lowest BCUT2D eigenvalue weighted by Gasteiger charge is -2.45. The fourth-order valence-electron chi connectivity index (χ4n) is 5.04. The van der Waals surface area contributed by atoms with Gasteiger partial charge in [0, 0.05) is 36.7 Å². The van der Waals surface area contributed by atoms with Gasteiger partial charge in [0.1, 0.15) is 0 Å². The van der Waals surface area contributed by atoms with E-state index in [0.717, 1.165) is 47.3 Å². The molecule has 0 spiro atoms. The second-order valence-electron chi connectivity index (χ2n) is 9.88. The monoisotopic (exact) mass is 505 g/mol. The SMILES string of the molecule is C=CCCCC(=O)Nc1ccc(-c2ccc3c(c2)[C@@H](NC(=O)OC(C)C)[C@H](C)[C@H](CC)N3C(C)=O)cc1. The lowest BCUT2D eigenvalue weighted by Crippen LogP contribution is -2.52. The summed E-state index contributed by atoms with van der Waals surface area (Å²) in [5.41, 5.74) is 4.35. The number of nitrogens with one attached hydrogen (secondary N) is 2. The molecule has 1 aliphatic heterocycles. The van der Waals surface area contributed by atoms with Crippen molar-refractivity contribution >= 4 is 29.3 Å². The maximum absolute atomic E-state index is 12.7. The molecule has 2 N–H and O–H groups in total. The number of hydrogen-bond donors (Lipinski definition) is 2. The van der Waals surface area contributed by atoms with Crippen molar-refractivity contribution in [2.75, 3.05) is 10.2 Å². The summed E-state index contributed by atoms with van der Waals surface area (Å²) in [5.74, 6) is -0.0616. The Morgan fingerprint density at radius 1 is 1.11 bits per heavy atom. The molecule has 0 fully saturated rings. The first-order chi connectivity index (χ1) is 17.7. The van der Waals surface area contributed by atoms with Gasteiger partial charge in [-0.05, 0) is 74.1 Å². The minimum atomic E-state index is -0.470. The third-order valence-corrected chi connectivity index (χ3v) is 6.77. The third kappa shape index (κ3) is 6.79. The number of anilines is 2. The van der Waals surface area contributed by atoms with E-state index in [4.69, 9.17) is 4.74 Å². The van der Waals surface area contributed by atoms with Crippen LogP contribution >= 0.6 is 0 Å². The Kier molecular flexibility index (Phi) is 9.50. The molecule has 2 aromatic rings. The van der Waals surface area contributed by atoms with Crippen molar-refractivity contribution in [3.8, 4) is 11.1 Å². The Labute approximate surface area is 220 Å². The van der Waals surface area contributed by atoms with E-state index in [0.29, 0.717) is 6.42 Å². The van der Waals surface area contributed by atoms with Crippen LogP contribution in [0.25, 0.3) is 11.1 Å². The minimum Gasteiger partial charge on any atom is -0.447 e. The van der Waals surface area contributed by atoms with Gasteiger partial charge in [-0.3, -0.25) is 9.59 Å². The van der Waals surface area contributed by atoms with E-state index >= 15 is 0 Å². The molecule has 1 heterocycles. The van der Waals surface area contributed by atoms with Gasteiger partial charge in [-0.15, -0.1) is 6.58 Å². The van der Waals surface area contributed by atoms with Crippen LogP contribution < -0.4 is 15.5 Å². The summed E-state index contributed by atoms with van der Waals surface area (Å²) in [4.78, 5) is 39.3. The number of ether oxygens (including phenoxy) is 1. The molecule has 7 nitrogen and oxygen atoms in total. The van der Waals surface area contributed by atoms with Gasteiger partial charge in [-0.1, -0.05) is 38.1 Å². The van der Waals surface area contributed by atoms with Crippen LogP contribution in [0, 0.1) is 5.92 Å². The zero-order chi connectivity index (χ0) is 27.1. The van der Waals surface area contributed by atoms with Crippen molar-refractivity contribution in [2.24, 2.45) is 5.92 Å². The number of allylic oxidation sites excluding steroid dienone is 1. The molecule has 37 heavy (non-hydrogen) atoms. The number of nitrogens with zero attached hydrogens (tertiary/aromatic N) is 1. The zero-order valence-electron chi connectivity index (χ0n) is 22.5. The highest BCUT2D eigenvalue weighted by atomic mass is 16.6. The lowest BCUT2D eigenvalue weighted by atomic mass is 9.80. The van der Waals surface area contributed by atoms with Crippen LogP contribution in [0.3, 0.4) is 0 Å². The molecule has 0 saturated carbocycles. The standard InChI is InChI=1S/C30H39N3O4/c1-7-9-10-11-28(35)31-24-15-12-22(13-16-24)23-14-17-27-25(18-23)29(32-30(36)37-19(3)4)20(5)26(8-2)33(27)21(6)34/h7,12-20,26,29H,1,8-11H2,2-6H3,(H,31,35)(H,32,36)/t20-,26+,29+/m1/s1. The van der Waals surface area contributed by atoms with Crippen LogP contribution in [0.4, 0.5) is 16.2 Å². The second kappa shape index (κ2) is 12.6. The van der Waals surface area contributed by atoms with Crippen LogP contribution in [0.1, 0.15) is 71.9 Å². The van der Waals surface area contributed by atoms with Gasteiger partial charge in [0.05, 0.1) is 12.1 Å². The predicted molar refractivity (Wildman–Crippen MR) is 148 cm³/mol. The summed E-state index contributed by atoms with van der Waals surface area (Å²) in [7, 11) is 0. The Balaban J connectivity index is 1.92. The first-order valence-electron chi connectivity index (χ1n) is 13.1. The number of alkyl carbamates (subject to hydrolysis) is 1. The number of benzene rings is 2. The van der Waals surface area contributed by atoms with Gasteiger partial charge >= 0.3 is 6.09 Å². The van der Waals surface area contributed by atoms with Crippen LogP contribution in [0.15, 0.2) is 55.1 Å². The van der Waals surface area contributed by atoms with Crippen molar-refractivity contribution in [3.05, 3.63) is 60.7 Å². The van der Waals surface area contributed by atoms with Crippen molar-refractivity contribution in [2.45, 2.75) is 78.5 Å². The van der Waals surface area contributed by atoms with Crippen molar-refractivity contribution in [3.63, 3.8) is 0 Å². The number of fused-ring (bicyclic) bond motifs is 1. The van der Waals surface area contributed by atoms with Gasteiger partial charge in [-0.2, -0.15) is 0 Å². The van der Waals surface area contributed by atoms with E-state index < -0.39 is 6.09 Å². The van der Waals surface area contributed by atoms with Crippen LogP contribution in [-0.4, -0.2) is 30.1 Å². The van der Waals surface area contributed by atoms with E-state index in [1.807, 2.05) is 67.3 Å². The molecule has 0 bridgehead atoms. The summed E-state index contributed by atoms with van der Waals surface area (Å²) in [6.45, 7) is 13.0. The quantitative estimate of drug-likeness (QED) is 0.297. The molecular weight excluding hydrogens is 466 g/mol. The molecule has 1 aliphatic rings. The topological polar surface area (TPSA) is 87.7 Å². The van der Waals surface area contributed by atoms with E-state index in [1.54, 1.807) is 6.92 Å². The first-order valence-corrected chi connectivity index (χ1v) is 13.1. The maximum Gasteiger partial charge on any atom is 0.407 e. The molecule has 198 valence electrons. The summed E-state index contributed by atoms with van der Waals surface area (Å²) in [6, 6.07) is 13.3. The third-order valence-electron chi connectivity index (χ3n) is 6.77.